The summed E-state index contributed by atoms with van der Waals surface area (Å²) in [5, 5.41) is 76.2. The van der Waals surface area contributed by atoms with Crippen LogP contribution in [0.5, 0.6) is 0 Å². The van der Waals surface area contributed by atoms with Gasteiger partial charge in [0.15, 0.2) is 5.78 Å². The predicted octanol–water partition coefficient (Wildman–Crippen LogP) is 0.826. The van der Waals surface area contributed by atoms with Crippen LogP contribution in [0.1, 0.15) is 79.1 Å². The smallest absolute Gasteiger partial charge is 0.187 e. The van der Waals surface area contributed by atoms with E-state index in [1.54, 1.807) is 13.8 Å². The largest absolute Gasteiger partial charge is 0.396 e. The van der Waals surface area contributed by atoms with Crippen molar-refractivity contribution in [1.29, 1.82) is 0 Å². The third-order valence-electron chi connectivity index (χ3n) is 10.9. The Hall–Kier alpha value is -0.870. The molecule has 8 heteroatoms. The average Bonchev–Trinajstić information content (AvgIpc) is 3.07. The molecule has 0 aromatic rings. The van der Waals surface area contributed by atoms with Crippen LogP contribution in [0.2, 0.25) is 0 Å². The monoisotopic (exact) mass is 496 g/mol. The Bertz CT molecular complexity index is 886. The van der Waals surface area contributed by atoms with Crippen LogP contribution in [0.4, 0.5) is 0 Å². The fourth-order valence-electron chi connectivity index (χ4n) is 8.35. The predicted molar refractivity (Wildman–Crippen MR) is 128 cm³/mol. The second kappa shape index (κ2) is 8.58. The summed E-state index contributed by atoms with van der Waals surface area (Å²) in [6, 6.07) is 0. The summed E-state index contributed by atoms with van der Waals surface area (Å²) in [6.45, 7) is 7.21. The molecule has 200 valence electrons. The third kappa shape index (κ3) is 3.62. The number of carbonyl (C=O) groups excluding carboxylic acids is 1. The highest BCUT2D eigenvalue weighted by atomic mass is 16.3. The van der Waals surface area contributed by atoms with Crippen molar-refractivity contribution in [3.05, 3.63) is 11.6 Å². The highest BCUT2D eigenvalue weighted by Crippen LogP contribution is 2.69. The summed E-state index contributed by atoms with van der Waals surface area (Å²) in [5.74, 6) is -1.33. The molecule has 0 aromatic carbocycles. The van der Waals surface area contributed by atoms with Crippen LogP contribution in [-0.4, -0.2) is 83.3 Å². The van der Waals surface area contributed by atoms with Crippen LogP contribution in [0, 0.1) is 28.6 Å². The minimum atomic E-state index is -1.81. The number of rotatable bonds is 6. The summed E-state index contributed by atoms with van der Waals surface area (Å²) in [7, 11) is 0. The lowest BCUT2D eigenvalue weighted by Crippen LogP contribution is -2.69. The summed E-state index contributed by atoms with van der Waals surface area (Å²) in [4.78, 5) is 13.3. The zero-order chi connectivity index (χ0) is 26.2. The number of hydrogen-bond acceptors (Lipinski definition) is 8. The zero-order valence-corrected chi connectivity index (χ0v) is 21.4. The summed E-state index contributed by atoms with van der Waals surface area (Å²) in [5.41, 5.74) is -5.98. The quantitative estimate of drug-likeness (QED) is 0.285. The first-order valence-corrected chi connectivity index (χ1v) is 13.2. The van der Waals surface area contributed by atoms with Gasteiger partial charge in [0.1, 0.15) is 5.60 Å². The molecular weight excluding hydrogens is 452 g/mol. The summed E-state index contributed by atoms with van der Waals surface area (Å²) >= 11 is 0. The van der Waals surface area contributed by atoms with Crippen molar-refractivity contribution in [1.82, 2.24) is 0 Å². The lowest BCUT2D eigenvalue weighted by Gasteiger charge is -2.62. The SMILES string of the molecule is CC(CO)CCC(O)[C@](C)(O)[C@H]1CC[C@@]2(O)C3=CC(=O)C4(O)CC(O)C(O)C[C@]4(C)[C@H]3CC[C@]12C. The number of aliphatic hydroxyl groups excluding tert-OH is 4. The number of aliphatic hydroxyl groups is 7. The molecule has 4 aliphatic rings. The molecule has 0 saturated heterocycles. The summed E-state index contributed by atoms with van der Waals surface area (Å²) in [6.07, 6.45) is 0.630. The molecule has 5 unspecified atom stereocenters. The molecule has 11 atom stereocenters. The molecule has 0 radical (unpaired) electrons. The Morgan fingerprint density at radius 2 is 1.66 bits per heavy atom. The number of carbonyl (C=O) groups is 1. The van der Waals surface area contributed by atoms with Crippen LogP contribution in [0.15, 0.2) is 11.6 Å². The lowest BCUT2D eigenvalue weighted by molar-refractivity contribution is -0.211. The molecule has 0 bridgehead atoms. The molecular formula is C27H44O8. The highest BCUT2D eigenvalue weighted by molar-refractivity contribution is 6.00. The van der Waals surface area contributed by atoms with E-state index < -0.39 is 57.6 Å². The van der Waals surface area contributed by atoms with Crippen molar-refractivity contribution in [3.8, 4) is 0 Å². The number of fused-ring (bicyclic) bond motifs is 5. The second-order valence-corrected chi connectivity index (χ2v) is 12.9. The van der Waals surface area contributed by atoms with Crippen molar-refractivity contribution in [2.45, 2.75) is 114 Å². The standard InChI is InChI=1S/C27H44O8/c1-15(14-28)5-6-21(31)25(4,33)20-8-10-26(34)17-11-22(32)27(35)13-19(30)18(29)12-24(27,3)16(17)7-9-23(20,26)2/h11,15-16,18-21,28-31,33-35H,5-10,12-14H2,1-4H3/t15?,16-,18?,19?,20-,21?,23+,24+,25+,26+,27?/m0/s1. The van der Waals surface area contributed by atoms with Crippen molar-refractivity contribution < 1.29 is 40.5 Å². The first-order valence-electron chi connectivity index (χ1n) is 13.2. The molecule has 3 saturated carbocycles. The number of ketones is 1. The summed E-state index contributed by atoms with van der Waals surface area (Å²) < 4.78 is 0. The highest BCUT2D eigenvalue weighted by Gasteiger charge is 2.71. The maximum Gasteiger partial charge on any atom is 0.187 e. The van der Waals surface area contributed by atoms with Gasteiger partial charge in [0.05, 0.1) is 29.5 Å². The second-order valence-electron chi connectivity index (χ2n) is 12.9. The van der Waals surface area contributed by atoms with Crippen LogP contribution >= 0.6 is 0 Å². The fraction of sp³-hybridized carbons (Fsp3) is 0.889. The average molecular weight is 497 g/mol. The number of hydrogen-bond donors (Lipinski definition) is 7. The van der Waals surface area contributed by atoms with Crippen LogP contribution in [0.3, 0.4) is 0 Å². The van der Waals surface area contributed by atoms with Gasteiger partial charge in [-0.1, -0.05) is 20.8 Å². The molecule has 0 aliphatic heterocycles. The minimum Gasteiger partial charge on any atom is -0.396 e. The van der Waals surface area contributed by atoms with Gasteiger partial charge < -0.3 is 35.7 Å². The van der Waals surface area contributed by atoms with Crippen molar-refractivity contribution in [3.63, 3.8) is 0 Å². The van der Waals surface area contributed by atoms with Gasteiger partial charge in [0.25, 0.3) is 0 Å². The Kier molecular flexibility index (Phi) is 6.66. The Morgan fingerprint density at radius 3 is 2.29 bits per heavy atom. The Morgan fingerprint density at radius 1 is 1.03 bits per heavy atom. The molecule has 0 amide bonds. The fourth-order valence-corrected chi connectivity index (χ4v) is 8.35. The molecule has 4 rings (SSSR count). The van der Waals surface area contributed by atoms with Crippen LogP contribution in [0.25, 0.3) is 0 Å². The lowest BCUT2D eigenvalue weighted by atomic mass is 9.44. The molecule has 4 aliphatic carbocycles. The van der Waals surface area contributed by atoms with E-state index in [4.69, 9.17) is 0 Å². The van der Waals surface area contributed by atoms with Gasteiger partial charge in [-0.2, -0.15) is 0 Å². The first kappa shape index (κ1) is 27.2. The van der Waals surface area contributed by atoms with Crippen LogP contribution in [-0.2, 0) is 4.79 Å². The molecule has 0 aromatic heterocycles. The Labute approximate surface area is 207 Å². The van der Waals surface area contributed by atoms with E-state index in [-0.39, 0.29) is 31.3 Å². The zero-order valence-electron chi connectivity index (χ0n) is 21.4. The molecule has 8 nitrogen and oxygen atoms in total. The third-order valence-corrected chi connectivity index (χ3v) is 10.9. The van der Waals surface area contributed by atoms with Crippen LogP contribution < -0.4 is 0 Å². The van der Waals surface area contributed by atoms with Crippen molar-refractivity contribution in [2.75, 3.05) is 6.61 Å². The maximum atomic E-state index is 13.3. The molecule has 3 fully saturated rings. The van der Waals surface area contributed by atoms with E-state index in [9.17, 15) is 40.5 Å². The molecule has 0 spiro atoms. The van der Waals surface area contributed by atoms with E-state index in [0.29, 0.717) is 44.1 Å². The Balaban J connectivity index is 1.68. The minimum absolute atomic E-state index is 0.00856. The van der Waals surface area contributed by atoms with Gasteiger partial charge in [0.2, 0.25) is 0 Å². The maximum absolute atomic E-state index is 13.3. The molecule has 7 N–H and O–H groups in total. The van der Waals surface area contributed by atoms with Crippen molar-refractivity contribution in [2.24, 2.45) is 28.6 Å². The van der Waals surface area contributed by atoms with E-state index in [1.807, 2.05) is 13.8 Å². The van der Waals surface area contributed by atoms with Crippen molar-refractivity contribution >= 4 is 5.78 Å². The molecule has 0 heterocycles. The van der Waals surface area contributed by atoms with E-state index in [2.05, 4.69) is 0 Å². The topological polar surface area (TPSA) is 159 Å². The van der Waals surface area contributed by atoms with E-state index in [1.165, 1.54) is 6.08 Å². The van der Waals surface area contributed by atoms with Gasteiger partial charge in [-0.05, 0) is 81.3 Å². The normalized spacial score (nSPS) is 48.8. The van der Waals surface area contributed by atoms with Gasteiger partial charge in [0, 0.05) is 23.9 Å². The van der Waals surface area contributed by atoms with E-state index >= 15 is 0 Å². The van der Waals surface area contributed by atoms with Gasteiger partial charge in [-0.3, -0.25) is 4.79 Å². The van der Waals surface area contributed by atoms with Gasteiger partial charge >= 0.3 is 0 Å². The van der Waals surface area contributed by atoms with Gasteiger partial charge in [-0.25, -0.2) is 0 Å². The molecule has 35 heavy (non-hydrogen) atoms. The van der Waals surface area contributed by atoms with Gasteiger partial charge in [-0.15, -0.1) is 0 Å². The van der Waals surface area contributed by atoms with E-state index in [0.717, 1.165) is 0 Å². The first-order chi connectivity index (χ1) is 16.1.